The van der Waals surface area contributed by atoms with Crippen molar-refractivity contribution in [2.45, 2.75) is 19.4 Å². The molecule has 0 unspecified atom stereocenters. The first-order valence-corrected chi connectivity index (χ1v) is 2.31. The summed E-state index contributed by atoms with van der Waals surface area (Å²) >= 11 is 0. The molecule has 2 nitrogen and oxygen atoms in total. The third kappa shape index (κ3) is 5.50. The summed E-state index contributed by atoms with van der Waals surface area (Å²) in [5.41, 5.74) is 11.2. The van der Waals surface area contributed by atoms with Crippen molar-refractivity contribution in [1.82, 2.24) is 0 Å². The van der Waals surface area contributed by atoms with Gasteiger partial charge in [0.05, 0.1) is 0 Å². The van der Waals surface area contributed by atoms with Gasteiger partial charge >= 0.3 is 0 Å². The van der Waals surface area contributed by atoms with Gasteiger partial charge in [-0.15, -0.1) is 0 Å². The third-order valence-corrected chi connectivity index (χ3v) is 0.584. The maximum atomic E-state index is 5.35. The average Bonchev–Trinajstić information content (AvgIpc) is 1.27. The number of rotatable bonds is 2. The van der Waals surface area contributed by atoms with Crippen LogP contribution in [0.4, 0.5) is 0 Å². The Balaban J connectivity index is 3.13. The SMILES string of the molecule is C=C(N)C[C@H](C)N. The summed E-state index contributed by atoms with van der Waals surface area (Å²) in [5, 5.41) is 0. The highest BCUT2D eigenvalue weighted by Crippen LogP contribution is 1.90. The molecule has 42 valence electrons. The van der Waals surface area contributed by atoms with Gasteiger partial charge < -0.3 is 11.5 Å². The molecule has 0 saturated heterocycles. The molecule has 2 heteroatoms. The summed E-state index contributed by atoms with van der Waals surface area (Å²) in [4.78, 5) is 0. The van der Waals surface area contributed by atoms with Crippen LogP contribution in [0.1, 0.15) is 13.3 Å². The van der Waals surface area contributed by atoms with E-state index in [4.69, 9.17) is 11.5 Å². The zero-order valence-electron chi connectivity index (χ0n) is 4.65. The van der Waals surface area contributed by atoms with Gasteiger partial charge in [0.25, 0.3) is 0 Å². The van der Waals surface area contributed by atoms with Crippen LogP contribution in [0.3, 0.4) is 0 Å². The van der Waals surface area contributed by atoms with E-state index in [1.54, 1.807) is 0 Å². The molecule has 7 heavy (non-hydrogen) atoms. The quantitative estimate of drug-likeness (QED) is 0.520. The summed E-state index contributed by atoms with van der Waals surface area (Å²) in [6.07, 6.45) is 0.722. The third-order valence-electron chi connectivity index (χ3n) is 0.584. The lowest BCUT2D eigenvalue weighted by molar-refractivity contribution is 0.728. The van der Waals surface area contributed by atoms with Crippen LogP contribution < -0.4 is 11.5 Å². The zero-order valence-corrected chi connectivity index (χ0v) is 4.65. The molecule has 0 aromatic carbocycles. The van der Waals surface area contributed by atoms with Crippen molar-refractivity contribution in [2.24, 2.45) is 11.5 Å². The summed E-state index contributed by atoms with van der Waals surface area (Å²) < 4.78 is 0. The maximum absolute atomic E-state index is 5.35. The molecule has 0 aromatic rings. The van der Waals surface area contributed by atoms with Gasteiger partial charge in [-0.05, 0) is 6.92 Å². The number of nitrogens with two attached hydrogens (primary N) is 2. The van der Waals surface area contributed by atoms with Gasteiger partial charge in [-0.1, -0.05) is 6.58 Å². The van der Waals surface area contributed by atoms with Gasteiger partial charge in [-0.25, -0.2) is 0 Å². The van der Waals surface area contributed by atoms with Crippen molar-refractivity contribution in [1.29, 1.82) is 0 Å². The first-order valence-electron chi connectivity index (χ1n) is 2.31. The Morgan fingerprint density at radius 3 is 2.29 bits per heavy atom. The van der Waals surface area contributed by atoms with Crippen molar-refractivity contribution in [3.63, 3.8) is 0 Å². The van der Waals surface area contributed by atoms with E-state index in [0.29, 0.717) is 5.70 Å². The Hall–Kier alpha value is -0.500. The highest BCUT2D eigenvalue weighted by molar-refractivity contribution is 4.88. The molecule has 1 atom stereocenters. The van der Waals surface area contributed by atoms with Gasteiger partial charge in [0, 0.05) is 18.2 Å². The molecular formula is C5H12N2. The predicted molar refractivity (Wildman–Crippen MR) is 31.6 cm³/mol. The molecule has 0 spiro atoms. The first-order chi connectivity index (χ1) is 3.13. The van der Waals surface area contributed by atoms with Crippen LogP contribution >= 0.6 is 0 Å². The average molecular weight is 100 g/mol. The maximum Gasteiger partial charge on any atom is 0.00647 e. The van der Waals surface area contributed by atoms with E-state index in [0.717, 1.165) is 6.42 Å². The van der Waals surface area contributed by atoms with Crippen LogP contribution in [0.15, 0.2) is 12.3 Å². The van der Waals surface area contributed by atoms with E-state index in [1.807, 2.05) is 6.92 Å². The normalized spacial score (nSPS) is 13.4. The van der Waals surface area contributed by atoms with Crippen molar-refractivity contribution >= 4 is 0 Å². The van der Waals surface area contributed by atoms with E-state index in [2.05, 4.69) is 6.58 Å². The summed E-state index contributed by atoms with van der Waals surface area (Å²) in [6, 6.07) is 0.150. The molecule has 0 fully saturated rings. The predicted octanol–water partition coefficient (Wildman–Crippen LogP) is 0.196. The van der Waals surface area contributed by atoms with Crippen LogP contribution in [-0.2, 0) is 0 Å². The fourth-order valence-electron chi connectivity index (χ4n) is 0.414. The second kappa shape index (κ2) is 2.64. The van der Waals surface area contributed by atoms with E-state index in [-0.39, 0.29) is 6.04 Å². The summed E-state index contributed by atoms with van der Waals surface area (Å²) in [6.45, 7) is 5.39. The van der Waals surface area contributed by atoms with Crippen LogP contribution in [0, 0.1) is 0 Å². The van der Waals surface area contributed by atoms with Crippen LogP contribution in [-0.4, -0.2) is 6.04 Å². The molecular weight excluding hydrogens is 88.1 g/mol. The summed E-state index contributed by atoms with van der Waals surface area (Å²) in [7, 11) is 0. The van der Waals surface area contributed by atoms with Gasteiger partial charge in [0.1, 0.15) is 0 Å². The Bertz CT molecular complexity index is 66.5. The Morgan fingerprint density at radius 1 is 1.86 bits per heavy atom. The molecule has 0 bridgehead atoms. The molecule has 0 aromatic heterocycles. The highest BCUT2D eigenvalue weighted by Gasteiger charge is 1.90. The minimum atomic E-state index is 0.150. The van der Waals surface area contributed by atoms with Crippen molar-refractivity contribution < 1.29 is 0 Å². The Labute approximate surface area is 44.2 Å². The van der Waals surface area contributed by atoms with E-state index < -0.39 is 0 Å². The van der Waals surface area contributed by atoms with Gasteiger partial charge in [0.15, 0.2) is 0 Å². The first kappa shape index (κ1) is 6.50. The second-order valence-electron chi connectivity index (χ2n) is 1.84. The lowest BCUT2D eigenvalue weighted by atomic mass is 10.2. The Kier molecular flexibility index (Phi) is 2.45. The van der Waals surface area contributed by atoms with Gasteiger partial charge in [0.2, 0.25) is 0 Å². The Morgan fingerprint density at radius 2 is 2.29 bits per heavy atom. The van der Waals surface area contributed by atoms with E-state index in [1.165, 1.54) is 0 Å². The topological polar surface area (TPSA) is 52.0 Å². The standard InChI is InChI=1S/C5H12N2/c1-4(6)3-5(2)7/h5H,1,3,6-7H2,2H3/t5-/m0/s1. The largest absolute Gasteiger partial charge is 0.402 e. The summed E-state index contributed by atoms with van der Waals surface area (Å²) in [5.74, 6) is 0. The van der Waals surface area contributed by atoms with Crippen LogP contribution in [0.5, 0.6) is 0 Å². The highest BCUT2D eigenvalue weighted by atomic mass is 14.6. The second-order valence-corrected chi connectivity index (χ2v) is 1.84. The molecule has 0 rings (SSSR count). The van der Waals surface area contributed by atoms with E-state index in [9.17, 15) is 0 Å². The molecule has 0 saturated carbocycles. The van der Waals surface area contributed by atoms with Crippen LogP contribution in [0.2, 0.25) is 0 Å². The lowest BCUT2D eigenvalue weighted by Crippen LogP contribution is -2.17. The van der Waals surface area contributed by atoms with Gasteiger partial charge in [-0.3, -0.25) is 0 Å². The monoisotopic (exact) mass is 100 g/mol. The fourth-order valence-corrected chi connectivity index (χ4v) is 0.414. The van der Waals surface area contributed by atoms with E-state index >= 15 is 0 Å². The number of hydrogen-bond donors (Lipinski definition) is 2. The van der Waals surface area contributed by atoms with Crippen LogP contribution in [0.25, 0.3) is 0 Å². The fraction of sp³-hybridized carbons (Fsp3) is 0.600. The minimum absolute atomic E-state index is 0.150. The minimum Gasteiger partial charge on any atom is -0.402 e. The molecule has 0 heterocycles. The van der Waals surface area contributed by atoms with Crippen molar-refractivity contribution in [3.05, 3.63) is 12.3 Å². The molecule has 4 N–H and O–H groups in total. The molecule has 0 radical (unpaired) electrons. The van der Waals surface area contributed by atoms with Crippen molar-refractivity contribution in [2.75, 3.05) is 0 Å². The molecule has 0 amide bonds. The zero-order chi connectivity index (χ0) is 5.86. The lowest BCUT2D eigenvalue weighted by Gasteiger charge is -2.00. The number of hydrogen-bond acceptors (Lipinski definition) is 2. The molecule has 0 aliphatic rings. The smallest absolute Gasteiger partial charge is 0.00647 e. The molecule has 0 aliphatic carbocycles. The van der Waals surface area contributed by atoms with Gasteiger partial charge in [-0.2, -0.15) is 0 Å². The molecule has 0 aliphatic heterocycles. The van der Waals surface area contributed by atoms with Crippen molar-refractivity contribution in [3.8, 4) is 0 Å².